The van der Waals surface area contributed by atoms with Crippen molar-refractivity contribution in [3.63, 3.8) is 0 Å². The van der Waals surface area contributed by atoms with Gasteiger partial charge >= 0.3 is 0 Å². The van der Waals surface area contributed by atoms with E-state index >= 15 is 0 Å². The normalized spacial score (nSPS) is 18.3. The quantitative estimate of drug-likeness (QED) is 0.569. The number of piperidine rings is 1. The molecule has 0 bridgehead atoms. The van der Waals surface area contributed by atoms with Crippen LogP contribution in [0.5, 0.6) is 5.75 Å². The standard InChI is InChI=1S/C29H40N2O2/c1-22(2)20-33-27-8-6-5-7-26(27)19-30-12-9-29(10-13-30)11-14-31(21-29)28(32)18-25-16-23(3)15-24(4)17-25/h5-8,15-17,22H,9-14,18-21H2,1-4H3. The highest BCUT2D eigenvalue weighted by Gasteiger charge is 2.41. The number of nitrogens with zero attached hydrogens (tertiary/aromatic N) is 2. The molecule has 0 unspecified atom stereocenters. The molecule has 0 atom stereocenters. The fraction of sp³-hybridized carbons (Fsp3) is 0.552. The van der Waals surface area contributed by atoms with Gasteiger partial charge in [-0.05, 0) is 69.2 Å². The molecule has 0 aliphatic carbocycles. The van der Waals surface area contributed by atoms with Crippen LogP contribution in [0.1, 0.15) is 55.4 Å². The van der Waals surface area contributed by atoms with Crippen LogP contribution >= 0.6 is 0 Å². The zero-order valence-electron chi connectivity index (χ0n) is 20.9. The summed E-state index contributed by atoms with van der Waals surface area (Å²) in [4.78, 5) is 17.7. The number of ether oxygens (including phenoxy) is 1. The van der Waals surface area contributed by atoms with E-state index in [1.165, 1.54) is 29.5 Å². The Bertz CT molecular complexity index is 940. The molecule has 4 heteroatoms. The van der Waals surface area contributed by atoms with Gasteiger partial charge in [-0.15, -0.1) is 0 Å². The number of amides is 1. The van der Waals surface area contributed by atoms with Crippen LogP contribution in [-0.2, 0) is 17.8 Å². The largest absolute Gasteiger partial charge is 0.493 e. The maximum absolute atomic E-state index is 13.0. The van der Waals surface area contributed by atoms with Gasteiger partial charge in [0.15, 0.2) is 0 Å². The van der Waals surface area contributed by atoms with E-state index in [-0.39, 0.29) is 5.91 Å². The van der Waals surface area contributed by atoms with Crippen LogP contribution in [0, 0.1) is 25.2 Å². The van der Waals surface area contributed by atoms with Crippen LogP contribution < -0.4 is 4.74 Å². The number of hydrogen-bond donors (Lipinski definition) is 0. The lowest BCUT2D eigenvalue weighted by Crippen LogP contribution is -2.42. The van der Waals surface area contributed by atoms with E-state index in [1.807, 2.05) is 0 Å². The van der Waals surface area contributed by atoms with Crippen LogP contribution in [0.3, 0.4) is 0 Å². The van der Waals surface area contributed by atoms with Gasteiger partial charge in [0.05, 0.1) is 13.0 Å². The van der Waals surface area contributed by atoms with Crippen LogP contribution in [0.25, 0.3) is 0 Å². The molecule has 2 fully saturated rings. The molecule has 0 aromatic heterocycles. The first-order valence-electron chi connectivity index (χ1n) is 12.6. The number of benzene rings is 2. The number of carbonyl (C=O) groups excluding carboxylic acids is 1. The Kier molecular flexibility index (Phi) is 7.43. The van der Waals surface area contributed by atoms with E-state index in [0.717, 1.165) is 57.1 Å². The topological polar surface area (TPSA) is 32.8 Å². The van der Waals surface area contributed by atoms with Crippen molar-refractivity contribution in [3.8, 4) is 5.75 Å². The second kappa shape index (κ2) is 10.3. The number of likely N-dealkylation sites (tertiary alicyclic amines) is 2. The zero-order chi connectivity index (χ0) is 23.4. The lowest BCUT2D eigenvalue weighted by molar-refractivity contribution is -0.130. The molecule has 2 aromatic rings. The van der Waals surface area contributed by atoms with Gasteiger partial charge in [-0.1, -0.05) is 61.4 Å². The van der Waals surface area contributed by atoms with Crippen molar-refractivity contribution in [1.82, 2.24) is 9.80 Å². The van der Waals surface area contributed by atoms with Crippen molar-refractivity contribution >= 4 is 5.91 Å². The highest BCUT2D eigenvalue weighted by molar-refractivity contribution is 5.79. The summed E-state index contributed by atoms with van der Waals surface area (Å²) in [5, 5.41) is 0. The van der Waals surface area contributed by atoms with Crippen molar-refractivity contribution in [1.29, 1.82) is 0 Å². The molecular formula is C29H40N2O2. The molecule has 0 radical (unpaired) electrons. The third-order valence-electron chi connectivity index (χ3n) is 7.28. The summed E-state index contributed by atoms with van der Waals surface area (Å²) >= 11 is 0. The first-order valence-corrected chi connectivity index (χ1v) is 12.6. The molecule has 2 saturated heterocycles. The van der Waals surface area contributed by atoms with Gasteiger partial charge in [0.1, 0.15) is 5.75 Å². The molecule has 178 valence electrons. The summed E-state index contributed by atoms with van der Waals surface area (Å²) in [7, 11) is 0. The van der Waals surface area contributed by atoms with Gasteiger partial charge in [0, 0.05) is 25.2 Å². The van der Waals surface area contributed by atoms with Crippen LogP contribution in [0.15, 0.2) is 42.5 Å². The number of hydrogen-bond acceptors (Lipinski definition) is 3. The predicted molar refractivity (Wildman–Crippen MR) is 135 cm³/mol. The van der Waals surface area contributed by atoms with Crippen LogP contribution in [0.2, 0.25) is 0 Å². The Labute approximate surface area is 199 Å². The van der Waals surface area contributed by atoms with Crippen molar-refractivity contribution < 1.29 is 9.53 Å². The molecule has 0 N–H and O–H groups in total. The lowest BCUT2D eigenvalue weighted by atomic mass is 9.77. The Balaban J connectivity index is 1.30. The van der Waals surface area contributed by atoms with Gasteiger partial charge in [0.2, 0.25) is 5.91 Å². The van der Waals surface area contributed by atoms with E-state index < -0.39 is 0 Å². The lowest BCUT2D eigenvalue weighted by Gasteiger charge is -2.39. The first kappa shape index (κ1) is 23.8. The van der Waals surface area contributed by atoms with Crippen molar-refractivity contribution in [2.75, 3.05) is 32.8 Å². The van der Waals surface area contributed by atoms with E-state index in [4.69, 9.17) is 4.74 Å². The monoisotopic (exact) mass is 448 g/mol. The Morgan fingerprint density at radius 1 is 1.00 bits per heavy atom. The average Bonchev–Trinajstić information content (AvgIpc) is 3.18. The molecule has 2 aliphatic rings. The van der Waals surface area contributed by atoms with Gasteiger partial charge in [0.25, 0.3) is 0 Å². The van der Waals surface area contributed by atoms with Crippen LogP contribution in [-0.4, -0.2) is 48.5 Å². The molecular weight excluding hydrogens is 408 g/mol. The number of carbonyl (C=O) groups is 1. The minimum Gasteiger partial charge on any atom is -0.493 e. The highest BCUT2D eigenvalue weighted by Crippen LogP contribution is 2.41. The fourth-order valence-electron chi connectivity index (χ4n) is 5.47. The zero-order valence-corrected chi connectivity index (χ0v) is 20.9. The van der Waals surface area contributed by atoms with E-state index in [9.17, 15) is 4.79 Å². The van der Waals surface area contributed by atoms with Crippen LogP contribution in [0.4, 0.5) is 0 Å². The SMILES string of the molecule is Cc1cc(C)cc(CC(=O)N2CCC3(CCN(Cc4ccccc4OCC(C)C)CC3)C2)c1. The molecule has 2 heterocycles. The molecule has 0 saturated carbocycles. The van der Waals surface area contributed by atoms with E-state index in [2.05, 4.69) is 80.0 Å². The summed E-state index contributed by atoms with van der Waals surface area (Å²) in [5.74, 6) is 1.84. The fourth-order valence-corrected chi connectivity index (χ4v) is 5.47. The predicted octanol–water partition coefficient (Wildman–Crippen LogP) is 5.40. The third kappa shape index (κ3) is 6.17. The summed E-state index contributed by atoms with van der Waals surface area (Å²) < 4.78 is 6.07. The van der Waals surface area contributed by atoms with Gasteiger partial charge in [-0.3, -0.25) is 9.69 Å². The first-order chi connectivity index (χ1) is 15.8. The molecule has 2 aromatic carbocycles. The smallest absolute Gasteiger partial charge is 0.227 e. The number of aryl methyl sites for hydroxylation is 2. The minimum atomic E-state index is 0.288. The highest BCUT2D eigenvalue weighted by atomic mass is 16.5. The van der Waals surface area contributed by atoms with Gasteiger partial charge in [-0.2, -0.15) is 0 Å². The minimum absolute atomic E-state index is 0.288. The van der Waals surface area contributed by atoms with E-state index in [0.29, 0.717) is 17.8 Å². The van der Waals surface area contributed by atoms with Crippen molar-refractivity contribution in [2.24, 2.45) is 11.3 Å². The molecule has 4 rings (SSSR count). The molecule has 1 amide bonds. The third-order valence-corrected chi connectivity index (χ3v) is 7.28. The molecule has 2 aliphatic heterocycles. The van der Waals surface area contributed by atoms with Gasteiger partial charge < -0.3 is 9.64 Å². The van der Waals surface area contributed by atoms with Crippen molar-refractivity contribution in [3.05, 3.63) is 64.7 Å². The summed E-state index contributed by atoms with van der Waals surface area (Å²) in [6.45, 7) is 14.3. The maximum atomic E-state index is 13.0. The summed E-state index contributed by atoms with van der Waals surface area (Å²) in [5.41, 5.74) is 5.21. The second-order valence-corrected chi connectivity index (χ2v) is 10.8. The number of rotatable bonds is 7. The number of para-hydroxylation sites is 1. The van der Waals surface area contributed by atoms with Gasteiger partial charge in [-0.25, -0.2) is 0 Å². The second-order valence-electron chi connectivity index (χ2n) is 10.8. The summed E-state index contributed by atoms with van der Waals surface area (Å²) in [6.07, 6.45) is 4.02. The Hall–Kier alpha value is -2.33. The molecule has 4 nitrogen and oxygen atoms in total. The maximum Gasteiger partial charge on any atom is 0.227 e. The Morgan fingerprint density at radius 3 is 2.36 bits per heavy atom. The summed E-state index contributed by atoms with van der Waals surface area (Å²) in [6, 6.07) is 14.9. The average molecular weight is 449 g/mol. The molecule has 33 heavy (non-hydrogen) atoms. The molecule has 1 spiro atoms. The van der Waals surface area contributed by atoms with Crippen molar-refractivity contribution in [2.45, 2.75) is 59.9 Å². The van der Waals surface area contributed by atoms with E-state index in [1.54, 1.807) is 0 Å². The Morgan fingerprint density at radius 2 is 1.67 bits per heavy atom.